The minimum atomic E-state index is -0.0395. The molecule has 80 valence electrons. The third kappa shape index (κ3) is 7.53. The van der Waals surface area contributed by atoms with Crippen molar-refractivity contribution in [3.8, 4) is 0 Å². The molecule has 0 aliphatic rings. The lowest BCUT2D eigenvalue weighted by atomic mass is 10.1. The summed E-state index contributed by atoms with van der Waals surface area (Å²) in [5.74, 6) is -0.0148. The van der Waals surface area contributed by atoms with Crippen LogP contribution in [0.4, 0.5) is 0 Å². The van der Waals surface area contributed by atoms with Crippen molar-refractivity contribution in [1.82, 2.24) is 5.32 Å². The van der Waals surface area contributed by atoms with Crippen LogP contribution in [0.15, 0.2) is 11.6 Å². The van der Waals surface area contributed by atoms with E-state index in [0.717, 1.165) is 12.0 Å². The smallest absolute Gasteiger partial charge is 0.220 e. The maximum Gasteiger partial charge on any atom is 0.220 e. The van der Waals surface area contributed by atoms with Gasteiger partial charge in [0, 0.05) is 19.4 Å². The fourth-order valence-corrected chi connectivity index (χ4v) is 0.984. The van der Waals surface area contributed by atoms with E-state index in [1.54, 1.807) is 6.08 Å². The quantitative estimate of drug-likeness (QED) is 0.660. The van der Waals surface area contributed by atoms with E-state index >= 15 is 0 Å². The van der Waals surface area contributed by atoms with Gasteiger partial charge in [-0.3, -0.25) is 9.59 Å². The maximum absolute atomic E-state index is 11.2. The average Bonchev–Trinajstić information content (AvgIpc) is 2.10. The lowest BCUT2D eigenvalue weighted by molar-refractivity contribution is -0.123. The Kier molecular flexibility index (Phi) is 6.72. The first kappa shape index (κ1) is 12.9. The van der Waals surface area contributed by atoms with Gasteiger partial charge >= 0.3 is 0 Å². The Morgan fingerprint density at radius 1 is 1.21 bits per heavy atom. The number of amides is 1. The number of allylic oxidation sites excluding steroid dienone is 2. The van der Waals surface area contributed by atoms with E-state index in [1.807, 2.05) is 20.8 Å². The topological polar surface area (TPSA) is 46.2 Å². The number of hydrogen-bond acceptors (Lipinski definition) is 2. The molecule has 0 unspecified atom stereocenters. The fraction of sp³-hybridized carbons (Fsp3) is 0.636. The van der Waals surface area contributed by atoms with Gasteiger partial charge < -0.3 is 5.32 Å². The molecule has 0 radical (unpaired) electrons. The summed E-state index contributed by atoms with van der Waals surface area (Å²) >= 11 is 0. The van der Waals surface area contributed by atoms with Crippen LogP contribution in [-0.2, 0) is 9.59 Å². The van der Waals surface area contributed by atoms with Crippen LogP contribution in [0.3, 0.4) is 0 Å². The predicted octanol–water partition coefficient (Wildman–Crippen LogP) is 1.83. The summed E-state index contributed by atoms with van der Waals surface area (Å²) < 4.78 is 0. The highest BCUT2D eigenvalue weighted by Gasteiger charge is 2.03. The molecule has 0 atom stereocenters. The number of carbonyl (C=O) groups excluding carboxylic acids is 2. The second-order valence-corrected chi connectivity index (χ2v) is 3.54. The van der Waals surface area contributed by atoms with Crippen molar-refractivity contribution in [1.29, 1.82) is 0 Å². The van der Waals surface area contributed by atoms with E-state index in [2.05, 4.69) is 5.32 Å². The Morgan fingerprint density at radius 3 is 2.36 bits per heavy atom. The van der Waals surface area contributed by atoms with E-state index in [0.29, 0.717) is 19.4 Å². The van der Waals surface area contributed by atoms with Crippen molar-refractivity contribution >= 4 is 11.7 Å². The summed E-state index contributed by atoms with van der Waals surface area (Å²) in [6, 6.07) is 0. The number of nitrogens with one attached hydrogen (secondary N) is 1. The molecule has 0 bridgehead atoms. The highest BCUT2D eigenvalue weighted by atomic mass is 16.2. The lowest BCUT2D eigenvalue weighted by Crippen LogP contribution is -2.24. The van der Waals surface area contributed by atoms with Gasteiger partial charge in [0.2, 0.25) is 5.91 Å². The molecule has 3 nitrogen and oxygen atoms in total. The molecule has 0 spiro atoms. The third-order valence-corrected chi connectivity index (χ3v) is 1.62. The van der Waals surface area contributed by atoms with Gasteiger partial charge in [-0.1, -0.05) is 12.5 Å². The van der Waals surface area contributed by atoms with E-state index in [-0.39, 0.29) is 11.7 Å². The molecule has 0 heterocycles. The molecule has 0 saturated heterocycles. The molecule has 3 heteroatoms. The van der Waals surface area contributed by atoms with E-state index in [1.165, 1.54) is 0 Å². The number of hydrogen-bond donors (Lipinski definition) is 1. The largest absolute Gasteiger partial charge is 0.356 e. The van der Waals surface area contributed by atoms with Crippen LogP contribution < -0.4 is 5.32 Å². The molecule has 14 heavy (non-hydrogen) atoms. The molecule has 0 saturated carbocycles. The molecule has 1 N–H and O–H groups in total. The zero-order chi connectivity index (χ0) is 11.0. The van der Waals surface area contributed by atoms with Crippen molar-refractivity contribution < 1.29 is 9.59 Å². The van der Waals surface area contributed by atoms with Gasteiger partial charge in [0.15, 0.2) is 5.78 Å². The van der Waals surface area contributed by atoms with Gasteiger partial charge in [0.25, 0.3) is 0 Å². The number of rotatable bonds is 6. The van der Waals surface area contributed by atoms with Crippen LogP contribution in [0.5, 0.6) is 0 Å². The molecule has 0 aliphatic heterocycles. The highest BCUT2D eigenvalue weighted by molar-refractivity contribution is 5.92. The SMILES string of the molecule is CCCNC(=O)CCC(=O)C=C(C)C. The van der Waals surface area contributed by atoms with Gasteiger partial charge in [0.05, 0.1) is 0 Å². The average molecular weight is 197 g/mol. The number of ketones is 1. The van der Waals surface area contributed by atoms with Crippen molar-refractivity contribution in [2.75, 3.05) is 6.54 Å². The standard InChI is InChI=1S/C11H19NO2/c1-4-7-12-11(14)6-5-10(13)8-9(2)3/h8H,4-7H2,1-3H3,(H,12,14). The van der Waals surface area contributed by atoms with Gasteiger partial charge in [-0.2, -0.15) is 0 Å². The Hall–Kier alpha value is -1.12. The zero-order valence-corrected chi connectivity index (χ0v) is 9.22. The molecule has 0 rings (SSSR count). The van der Waals surface area contributed by atoms with Gasteiger partial charge in [0.1, 0.15) is 0 Å². The van der Waals surface area contributed by atoms with Crippen LogP contribution in [0.25, 0.3) is 0 Å². The third-order valence-electron chi connectivity index (χ3n) is 1.62. The summed E-state index contributed by atoms with van der Waals surface area (Å²) in [5, 5.41) is 2.73. The molecule has 1 amide bonds. The Balaban J connectivity index is 3.67. The molecular weight excluding hydrogens is 178 g/mol. The van der Waals surface area contributed by atoms with Crippen LogP contribution in [0.2, 0.25) is 0 Å². The molecule has 0 aromatic carbocycles. The Labute approximate surface area is 85.6 Å². The first-order valence-electron chi connectivity index (χ1n) is 5.00. The monoisotopic (exact) mass is 197 g/mol. The van der Waals surface area contributed by atoms with Crippen molar-refractivity contribution in [2.45, 2.75) is 40.0 Å². The van der Waals surface area contributed by atoms with Crippen molar-refractivity contribution in [3.63, 3.8) is 0 Å². The molecule has 0 aromatic rings. The summed E-state index contributed by atoms with van der Waals surface area (Å²) in [5.41, 5.74) is 0.976. The van der Waals surface area contributed by atoms with Crippen LogP contribution >= 0.6 is 0 Å². The van der Waals surface area contributed by atoms with Gasteiger partial charge in [-0.15, -0.1) is 0 Å². The highest BCUT2D eigenvalue weighted by Crippen LogP contribution is 1.96. The molecule has 0 fully saturated rings. The number of carbonyl (C=O) groups is 2. The van der Waals surface area contributed by atoms with E-state index < -0.39 is 0 Å². The normalized spacial score (nSPS) is 9.36. The van der Waals surface area contributed by atoms with Crippen LogP contribution in [0, 0.1) is 0 Å². The Bertz CT molecular complexity index is 227. The fourth-order valence-electron chi connectivity index (χ4n) is 0.984. The molecule has 0 aromatic heterocycles. The second kappa shape index (κ2) is 7.30. The van der Waals surface area contributed by atoms with E-state index in [4.69, 9.17) is 0 Å². The summed E-state index contributed by atoms with van der Waals surface area (Å²) in [4.78, 5) is 22.3. The van der Waals surface area contributed by atoms with Gasteiger partial charge in [-0.25, -0.2) is 0 Å². The van der Waals surface area contributed by atoms with E-state index in [9.17, 15) is 9.59 Å². The second-order valence-electron chi connectivity index (χ2n) is 3.54. The summed E-state index contributed by atoms with van der Waals surface area (Å²) in [6.45, 7) is 6.42. The van der Waals surface area contributed by atoms with Crippen molar-refractivity contribution in [3.05, 3.63) is 11.6 Å². The predicted molar refractivity (Wildman–Crippen MR) is 57.0 cm³/mol. The van der Waals surface area contributed by atoms with Crippen LogP contribution in [-0.4, -0.2) is 18.2 Å². The Morgan fingerprint density at radius 2 is 1.86 bits per heavy atom. The maximum atomic E-state index is 11.2. The molecular formula is C11H19NO2. The van der Waals surface area contributed by atoms with Crippen molar-refractivity contribution in [2.24, 2.45) is 0 Å². The minimum Gasteiger partial charge on any atom is -0.356 e. The first-order chi connectivity index (χ1) is 6.56. The first-order valence-corrected chi connectivity index (χ1v) is 5.00. The minimum absolute atomic E-state index is 0.0247. The van der Waals surface area contributed by atoms with Gasteiger partial charge in [-0.05, 0) is 26.3 Å². The molecule has 0 aliphatic carbocycles. The zero-order valence-electron chi connectivity index (χ0n) is 9.22. The summed E-state index contributed by atoms with van der Waals surface area (Å²) in [6.07, 6.45) is 3.10. The lowest BCUT2D eigenvalue weighted by Gasteiger charge is -2.01. The van der Waals surface area contributed by atoms with Crippen LogP contribution in [0.1, 0.15) is 40.0 Å². The summed E-state index contributed by atoms with van der Waals surface area (Å²) in [7, 11) is 0.